The molecule has 1 aliphatic heterocycles. The number of pyridine rings is 1. The van der Waals surface area contributed by atoms with Crippen LogP contribution in [0, 0.1) is 5.82 Å². The van der Waals surface area contributed by atoms with Gasteiger partial charge < -0.3 is 9.47 Å². The first-order valence-electron chi connectivity index (χ1n) is 9.86. The third kappa shape index (κ3) is 5.19. The number of nitrogens with zero attached hydrogens (tertiary/aromatic N) is 2. The van der Waals surface area contributed by atoms with E-state index in [1.54, 1.807) is 7.11 Å². The van der Waals surface area contributed by atoms with Gasteiger partial charge in [-0.15, -0.1) is 0 Å². The van der Waals surface area contributed by atoms with Crippen LogP contribution < -0.4 is 4.74 Å². The summed E-state index contributed by atoms with van der Waals surface area (Å²) >= 11 is 0. The fourth-order valence-corrected chi connectivity index (χ4v) is 3.62. The van der Waals surface area contributed by atoms with Crippen LogP contribution in [0.3, 0.4) is 0 Å². The van der Waals surface area contributed by atoms with Crippen LogP contribution in [0.5, 0.6) is 5.75 Å². The number of ether oxygens (including phenoxy) is 2. The van der Waals surface area contributed by atoms with Crippen molar-refractivity contribution in [3.8, 4) is 5.75 Å². The van der Waals surface area contributed by atoms with E-state index in [1.165, 1.54) is 17.7 Å². The molecule has 1 fully saturated rings. The predicted molar refractivity (Wildman–Crippen MR) is 110 cm³/mol. The van der Waals surface area contributed by atoms with Gasteiger partial charge in [0, 0.05) is 25.8 Å². The molecule has 0 aliphatic carbocycles. The van der Waals surface area contributed by atoms with Crippen molar-refractivity contribution in [2.75, 3.05) is 26.8 Å². The van der Waals surface area contributed by atoms with Crippen LogP contribution in [0.15, 0.2) is 66.9 Å². The van der Waals surface area contributed by atoms with Crippen LogP contribution >= 0.6 is 0 Å². The molecule has 1 saturated heterocycles. The molecule has 150 valence electrons. The number of hydrogen-bond donors (Lipinski definition) is 0. The molecule has 1 unspecified atom stereocenters. The van der Waals surface area contributed by atoms with Gasteiger partial charge in [-0.25, -0.2) is 4.39 Å². The van der Waals surface area contributed by atoms with E-state index >= 15 is 0 Å². The van der Waals surface area contributed by atoms with Crippen molar-refractivity contribution >= 4 is 0 Å². The molecule has 2 aromatic carbocycles. The molecule has 4 rings (SSSR count). The van der Waals surface area contributed by atoms with E-state index in [0.29, 0.717) is 6.61 Å². The van der Waals surface area contributed by atoms with Crippen LogP contribution in [0.2, 0.25) is 0 Å². The van der Waals surface area contributed by atoms with Crippen LogP contribution in [0.25, 0.3) is 0 Å². The maximum atomic E-state index is 13.1. The second-order valence-electron chi connectivity index (χ2n) is 7.34. The molecule has 29 heavy (non-hydrogen) atoms. The second-order valence-corrected chi connectivity index (χ2v) is 7.34. The molecule has 5 heteroatoms. The third-order valence-corrected chi connectivity index (χ3v) is 5.19. The molecule has 1 aromatic heterocycles. The fraction of sp³-hybridized carbons (Fsp3) is 0.292. The first kappa shape index (κ1) is 19.6. The van der Waals surface area contributed by atoms with Gasteiger partial charge in [0.15, 0.2) is 0 Å². The monoisotopic (exact) mass is 392 g/mol. The van der Waals surface area contributed by atoms with Gasteiger partial charge in [0.2, 0.25) is 0 Å². The van der Waals surface area contributed by atoms with Crippen LogP contribution in [-0.2, 0) is 17.7 Å². The lowest BCUT2D eigenvalue weighted by Gasteiger charge is -2.32. The Hall–Kier alpha value is -2.76. The van der Waals surface area contributed by atoms with Crippen molar-refractivity contribution in [3.05, 3.63) is 95.1 Å². The maximum Gasteiger partial charge on any atom is 0.123 e. The maximum absolute atomic E-state index is 13.1. The van der Waals surface area contributed by atoms with E-state index < -0.39 is 0 Å². The van der Waals surface area contributed by atoms with Gasteiger partial charge in [-0.1, -0.05) is 30.3 Å². The number of aromatic nitrogens is 1. The molecule has 0 radical (unpaired) electrons. The number of morpholine rings is 1. The lowest BCUT2D eigenvalue weighted by Crippen LogP contribution is -2.38. The zero-order chi connectivity index (χ0) is 20.1. The van der Waals surface area contributed by atoms with E-state index in [9.17, 15) is 4.39 Å². The molecule has 0 N–H and O–H groups in total. The number of halogens is 1. The van der Waals surface area contributed by atoms with Crippen LogP contribution in [0.4, 0.5) is 4.39 Å². The zero-order valence-electron chi connectivity index (χ0n) is 16.6. The Balaban J connectivity index is 1.38. The average Bonchev–Trinajstić information content (AvgIpc) is 2.76. The van der Waals surface area contributed by atoms with E-state index in [2.05, 4.69) is 28.1 Å². The van der Waals surface area contributed by atoms with Crippen molar-refractivity contribution in [1.82, 2.24) is 9.88 Å². The molecule has 0 bridgehead atoms. The van der Waals surface area contributed by atoms with Gasteiger partial charge in [0.25, 0.3) is 0 Å². The molecule has 4 nitrogen and oxygen atoms in total. The summed E-state index contributed by atoms with van der Waals surface area (Å²) in [6.07, 6.45) is 2.60. The highest BCUT2D eigenvalue weighted by Crippen LogP contribution is 2.23. The molecule has 3 aromatic rings. The summed E-state index contributed by atoms with van der Waals surface area (Å²) in [5.41, 5.74) is 4.35. The smallest absolute Gasteiger partial charge is 0.123 e. The normalized spacial score (nSPS) is 17.2. The summed E-state index contributed by atoms with van der Waals surface area (Å²) in [6.45, 7) is 3.26. The molecular formula is C24H25FN2O2. The SMILES string of the molecule is COc1cccc(CN2CCOC(c3ccc(Cc4ccc(F)cc4)cn3)C2)c1. The molecule has 0 saturated carbocycles. The standard InChI is InChI=1S/C24H25FN2O2/c1-28-22-4-2-3-20(14-22)16-27-11-12-29-24(17-27)23-10-7-19(15-26-23)13-18-5-8-21(25)9-6-18/h2-10,14-15,24H,11-13,16-17H2,1H3. The Morgan fingerprint density at radius 2 is 1.90 bits per heavy atom. The van der Waals surface area contributed by atoms with Gasteiger partial charge in [0.05, 0.1) is 19.4 Å². The van der Waals surface area contributed by atoms with Crippen molar-refractivity contribution in [1.29, 1.82) is 0 Å². The predicted octanol–water partition coefficient (Wildman–Crippen LogP) is 4.39. The highest BCUT2D eigenvalue weighted by Gasteiger charge is 2.23. The number of hydrogen-bond acceptors (Lipinski definition) is 4. The average molecular weight is 392 g/mol. The van der Waals surface area contributed by atoms with Gasteiger partial charge in [-0.3, -0.25) is 9.88 Å². The Bertz CT molecular complexity index is 928. The molecule has 1 aliphatic rings. The number of rotatable bonds is 6. The largest absolute Gasteiger partial charge is 0.497 e. The molecule has 0 spiro atoms. The van der Waals surface area contributed by atoms with Crippen molar-refractivity contribution in [3.63, 3.8) is 0 Å². The summed E-state index contributed by atoms with van der Waals surface area (Å²) in [5, 5.41) is 0. The zero-order valence-corrected chi connectivity index (χ0v) is 16.6. The minimum atomic E-state index is -0.213. The Labute approximate surface area is 170 Å². The lowest BCUT2D eigenvalue weighted by atomic mass is 10.1. The fourth-order valence-electron chi connectivity index (χ4n) is 3.62. The summed E-state index contributed by atoms with van der Waals surface area (Å²) in [5.74, 6) is 0.667. The van der Waals surface area contributed by atoms with Crippen molar-refractivity contribution in [2.24, 2.45) is 0 Å². The summed E-state index contributed by atoms with van der Waals surface area (Å²) in [6, 6.07) is 18.9. The molecule has 0 amide bonds. The second kappa shape index (κ2) is 9.16. The highest BCUT2D eigenvalue weighted by molar-refractivity contribution is 5.29. The van der Waals surface area contributed by atoms with Crippen molar-refractivity contribution < 1.29 is 13.9 Å². The quantitative estimate of drug-likeness (QED) is 0.623. The highest BCUT2D eigenvalue weighted by atomic mass is 19.1. The number of benzene rings is 2. The minimum absolute atomic E-state index is 0.0331. The first-order valence-corrected chi connectivity index (χ1v) is 9.86. The molecule has 2 heterocycles. The Kier molecular flexibility index (Phi) is 6.17. The van der Waals surface area contributed by atoms with Gasteiger partial charge in [-0.2, -0.15) is 0 Å². The first-order chi connectivity index (χ1) is 14.2. The summed E-state index contributed by atoms with van der Waals surface area (Å²) in [7, 11) is 1.69. The Morgan fingerprint density at radius 3 is 2.66 bits per heavy atom. The van der Waals surface area contributed by atoms with Crippen LogP contribution in [-0.4, -0.2) is 36.7 Å². The third-order valence-electron chi connectivity index (χ3n) is 5.19. The van der Waals surface area contributed by atoms with Crippen LogP contribution in [0.1, 0.15) is 28.5 Å². The van der Waals surface area contributed by atoms with E-state index in [0.717, 1.165) is 48.6 Å². The minimum Gasteiger partial charge on any atom is -0.497 e. The summed E-state index contributed by atoms with van der Waals surface area (Å²) in [4.78, 5) is 7.03. The number of methoxy groups -OCH3 is 1. The van der Waals surface area contributed by atoms with E-state index in [1.807, 2.05) is 36.5 Å². The van der Waals surface area contributed by atoms with Gasteiger partial charge in [-0.05, 0) is 53.4 Å². The Morgan fingerprint density at radius 1 is 1.07 bits per heavy atom. The van der Waals surface area contributed by atoms with Gasteiger partial charge in [0.1, 0.15) is 17.7 Å². The molecular weight excluding hydrogens is 367 g/mol. The van der Waals surface area contributed by atoms with Crippen molar-refractivity contribution in [2.45, 2.75) is 19.1 Å². The van der Waals surface area contributed by atoms with E-state index in [-0.39, 0.29) is 11.9 Å². The topological polar surface area (TPSA) is 34.6 Å². The summed E-state index contributed by atoms with van der Waals surface area (Å²) < 4.78 is 24.4. The molecule has 1 atom stereocenters. The van der Waals surface area contributed by atoms with E-state index in [4.69, 9.17) is 9.47 Å². The lowest BCUT2D eigenvalue weighted by molar-refractivity contribution is -0.0350. The van der Waals surface area contributed by atoms with Gasteiger partial charge >= 0.3 is 0 Å².